The number of Topliss-reactive ketones (excluding diaryl/α,β-unsaturated/α-hetero) is 1. The van der Waals surface area contributed by atoms with Crippen molar-refractivity contribution in [3.8, 4) is 11.6 Å². The maximum atomic E-state index is 12.8. The van der Waals surface area contributed by atoms with E-state index in [4.69, 9.17) is 23.9 Å². The van der Waals surface area contributed by atoms with Crippen LogP contribution in [0.15, 0.2) is 17.8 Å². The second-order valence-corrected chi connectivity index (χ2v) is 8.30. The predicted octanol–water partition coefficient (Wildman–Crippen LogP) is 2.75. The van der Waals surface area contributed by atoms with E-state index in [0.29, 0.717) is 24.8 Å². The van der Waals surface area contributed by atoms with Gasteiger partial charge in [0.2, 0.25) is 0 Å². The number of hydrogen-bond acceptors (Lipinski definition) is 8. The van der Waals surface area contributed by atoms with Gasteiger partial charge >= 0.3 is 5.97 Å². The molecule has 1 fully saturated rings. The minimum Gasteiger partial charge on any atom is -0.488 e. The van der Waals surface area contributed by atoms with E-state index in [9.17, 15) is 9.59 Å². The average Bonchev–Trinajstić information content (AvgIpc) is 2.74. The standard InChI is InChI=1S/C23H30N2O6/c1-4-30-22(27)16-14-25-17(12-18(16)26)20-15(13-23(25)7-5-8-23)11-19(21(24-20)29-3)31-10-6-9-28-2/h11,14,17H,4-10,12-13H2,1-3H3. The Labute approximate surface area is 182 Å². The summed E-state index contributed by atoms with van der Waals surface area (Å²) < 4.78 is 21.6. The highest BCUT2D eigenvalue weighted by atomic mass is 16.5. The third-order valence-corrected chi connectivity index (χ3v) is 6.46. The third kappa shape index (κ3) is 3.89. The lowest BCUT2D eigenvalue weighted by Crippen LogP contribution is -2.58. The summed E-state index contributed by atoms with van der Waals surface area (Å²) in [5.74, 6) is 0.276. The van der Waals surface area contributed by atoms with Crippen molar-refractivity contribution in [3.05, 3.63) is 29.1 Å². The molecule has 168 valence electrons. The summed E-state index contributed by atoms with van der Waals surface area (Å²) in [5.41, 5.74) is 1.95. The summed E-state index contributed by atoms with van der Waals surface area (Å²) in [6.45, 7) is 3.12. The van der Waals surface area contributed by atoms with Crippen LogP contribution in [-0.2, 0) is 25.5 Å². The number of methoxy groups -OCH3 is 2. The molecule has 8 heteroatoms. The first-order valence-corrected chi connectivity index (χ1v) is 10.9. The first kappa shape index (κ1) is 21.6. The summed E-state index contributed by atoms with van der Waals surface area (Å²) >= 11 is 0. The number of nitrogens with zero attached hydrogens (tertiary/aromatic N) is 2. The van der Waals surface area contributed by atoms with E-state index in [0.717, 1.165) is 43.4 Å². The third-order valence-electron chi connectivity index (χ3n) is 6.46. The molecule has 4 rings (SSSR count). The number of ether oxygens (including phenoxy) is 4. The highest BCUT2D eigenvalue weighted by Gasteiger charge is 2.51. The fraction of sp³-hybridized carbons (Fsp3) is 0.609. The molecule has 1 spiro atoms. The SMILES string of the molecule is CCOC(=O)C1=CN2C(CC1=O)c1nc(OC)c(OCCCOC)cc1CC21CCC1. The molecule has 3 aliphatic rings. The van der Waals surface area contributed by atoms with Crippen molar-refractivity contribution in [3.63, 3.8) is 0 Å². The number of fused-ring (bicyclic) bond motifs is 4. The van der Waals surface area contributed by atoms with Gasteiger partial charge in [-0.15, -0.1) is 0 Å². The van der Waals surface area contributed by atoms with E-state index < -0.39 is 5.97 Å². The van der Waals surface area contributed by atoms with Crippen LogP contribution < -0.4 is 9.47 Å². The second kappa shape index (κ2) is 8.86. The molecule has 1 aromatic heterocycles. The summed E-state index contributed by atoms with van der Waals surface area (Å²) in [5, 5.41) is 0. The van der Waals surface area contributed by atoms with Crippen LogP contribution in [-0.4, -0.2) is 61.2 Å². The van der Waals surface area contributed by atoms with Gasteiger partial charge in [-0.25, -0.2) is 9.78 Å². The average molecular weight is 431 g/mol. The number of esters is 1. The minimum absolute atomic E-state index is 0.0975. The Morgan fingerprint density at radius 3 is 2.74 bits per heavy atom. The lowest BCUT2D eigenvalue weighted by Gasteiger charge is -2.57. The zero-order valence-corrected chi connectivity index (χ0v) is 18.4. The number of aromatic nitrogens is 1. The van der Waals surface area contributed by atoms with E-state index in [1.165, 1.54) is 0 Å². The Bertz CT molecular complexity index is 892. The maximum Gasteiger partial charge on any atom is 0.343 e. The van der Waals surface area contributed by atoms with E-state index in [1.807, 2.05) is 6.07 Å². The summed E-state index contributed by atoms with van der Waals surface area (Å²) in [7, 11) is 3.23. The van der Waals surface area contributed by atoms with Crippen LogP contribution in [0, 0.1) is 0 Å². The van der Waals surface area contributed by atoms with E-state index >= 15 is 0 Å². The van der Waals surface area contributed by atoms with Gasteiger partial charge in [0.1, 0.15) is 5.57 Å². The molecule has 1 unspecified atom stereocenters. The van der Waals surface area contributed by atoms with Crippen LogP contribution >= 0.6 is 0 Å². The van der Waals surface area contributed by atoms with Crippen LogP contribution in [0.2, 0.25) is 0 Å². The van der Waals surface area contributed by atoms with Gasteiger partial charge in [0.05, 0.1) is 32.1 Å². The molecular weight excluding hydrogens is 400 g/mol. The van der Waals surface area contributed by atoms with Gasteiger partial charge in [-0.1, -0.05) is 0 Å². The molecule has 31 heavy (non-hydrogen) atoms. The van der Waals surface area contributed by atoms with Gasteiger partial charge in [0.15, 0.2) is 11.5 Å². The first-order chi connectivity index (χ1) is 15.0. The number of carbonyl (C=O) groups is 2. The minimum atomic E-state index is -0.545. The summed E-state index contributed by atoms with van der Waals surface area (Å²) in [6, 6.07) is 1.80. The van der Waals surface area contributed by atoms with Crippen molar-refractivity contribution in [2.75, 3.05) is 34.0 Å². The van der Waals surface area contributed by atoms with Crippen LogP contribution in [0.3, 0.4) is 0 Å². The summed E-state index contributed by atoms with van der Waals surface area (Å²) in [6.07, 6.45) is 6.64. The zero-order valence-electron chi connectivity index (χ0n) is 18.4. The molecule has 0 aromatic carbocycles. The van der Waals surface area contributed by atoms with E-state index in [2.05, 4.69) is 4.90 Å². The number of rotatable bonds is 8. The Hall–Kier alpha value is -2.61. The molecule has 2 aliphatic heterocycles. The highest BCUT2D eigenvalue weighted by molar-refractivity contribution is 6.17. The molecule has 1 aliphatic carbocycles. The van der Waals surface area contributed by atoms with Gasteiger partial charge in [-0.05, 0) is 44.2 Å². The predicted molar refractivity (Wildman–Crippen MR) is 112 cm³/mol. The number of carbonyl (C=O) groups excluding carboxylic acids is 2. The molecule has 1 aromatic rings. The number of hydrogen-bond donors (Lipinski definition) is 0. The largest absolute Gasteiger partial charge is 0.488 e. The number of pyridine rings is 1. The van der Waals surface area contributed by atoms with Crippen molar-refractivity contribution in [2.45, 2.75) is 57.0 Å². The van der Waals surface area contributed by atoms with Crippen molar-refractivity contribution < 1.29 is 28.5 Å². The fourth-order valence-electron chi connectivity index (χ4n) is 4.82. The zero-order chi connectivity index (χ0) is 22.0. The Kier molecular flexibility index (Phi) is 6.18. The smallest absolute Gasteiger partial charge is 0.343 e. The van der Waals surface area contributed by atoms with Crippen molar-refractivity contribution in [2.24, 2.45) is 0 Å². The maximum absolute atomic E-state index is 12.8. The Balaban J connectivity index is 1.69. The Morgan fingerprint density at radius 2 is 2.10 bits per heavy atom. The molecule has 0 bridgehead atoms. The quantitative estimate of drug-likeness (QED) is 0.353. The molecule has 0 N–H and O–H groups in total. The van der Waals surface area contributed by atoms with Gasteiger partial charge in [-0.2, -0.15) is 0 Å². The first-order valence-electron chi connectivity index (χ1n) is 10.9. The lowest BCUT2D eigenvalue weighted by molar-refractivity contribution is -0.141. The van der Waals surface area contributed by atoms with E-state index in [-0.39, 0.29) is 36.0 Å². The van der Waals surface area contributed by atoms with Crippen LogP contribution in [0.1, 0.15) is 56.3 Å². The molecule has 1 saturated carbocycles. The monoisotopic (exact) mass is 430 g/mol. The second-order valence-electron chi connectivity index (χ2n) is 8.30. The summed E-state index contributed by atoms with van der Waals surface area (Å²) in [4.78, 5) is 32.1. The van der Waals surface area contributed by atoms with Crippen molar-refractivity contribution in [1.82, 2.24) is 9.88 Å². The Morgan fingerprint density at radius 1 is 1.29 bits per heavy atom. The molecular formula is C23H30N2O6. The number of ketones is 1. The van der Waals surface area contributed by atoms with Gasteiger partial charge in [0, 0.05) is 38.3 Å². The van der Waals surface area contributed by atoms with Crippen molar-refractivity contribution in [1.29, 1.82) is 0 Å². The molecule has 0 saturated heterocycles. The molecule has 0 amide bonds. The van der Waals surface area contributed by atoms with Gasteiger partial charge < -0.3 is 23.8 Å². The van der Waals surface area contributed by atoms with Gasteiger partial charge in [-0.3, -0.25) is 4.79 Å². The van der Waals surface area contributed by atoms with Crippen LogP contribution in [0.4, 0.5) is 0 Å². The lowest BCUT2D eigenvalue weighted by atomic mass is 9.67. The van der Waals surface area contributed by atoms with Gasteiger partial charge in [0.25, 0.3) is 5.88 Å². The highest BCUT2D eigenvalue weighted by Crippen LogP contribution is 2.52. The topological polar surface area (TPSA) is 87.2 Å². The molecule has 8 nitrogen and oxygen atoms in total. The normalized spacial score (nSPS) is 21.0. The molecule has 1 atom stereocenters. The van der Waals surface area contributed by atoms with Crippen molar-refractivity contribution >= 4 is 11.8 Å². The van der Waals surface area contributed by atoms with Crippen LogP contribution in [0.5, 0.6) is 11.6 Å². The molecule has 0 radical (unpaired) electrons. The van der Waals surface area contributed by atoms with E-state index in [1.54, 1.807) is 27.3 Å². The van der Waals surface area contributed by atoms with Crippen LogP contribution in [0.25, 0.3) is 0 Å². The fourth-order valence-corrected chi connectivity index (χ4v) is 4.82. The molecule has 3 heterocycles.